The molecule has 0 heterocycles. The summed E-state index contributed by atoms with van der Waals surface area (Å²) in [5.41, 5.74) is 5.68. The minimum absolute atomic E-state index is 0.0943. The zero-order valence-corrected chi connectivity index (χ0v) is 7.84. The molecule has 0 aliphatic heterocycles. The molecule has 0 radical (unpaired) electrons. The zero-order chi connectivity index (χ0) is 10.1. The van der Waals surface area contributed by atoms with Gasteiger partial charge in [-0.1, -0.05) is 13.8 Å². The summed E-state index contributed by atoms with van der Waals surface area (Å²) in [6, 6.07) is 3.90. The van der Waals surface area contributed by atoms with E-state index in [1.54, 1.807) is 0 Å². The predicted molar refractivity (Wildman–Crippen MR) is 50.1 cm³/mol. The molecule has 1 rings (SSSR count). The molecule has 1 aromatic carbocycles. The van der Waals surface area contributed by atoms with Crippen LogP contribution in [-0.2, 0) is 5.41 Å². The lowest BCUT2D eigenvalue weighted by Crippen LogP contribution is -2.28. The third-order valence-corrected chi connectivity index (χ3v) is 2.20. The first-order valence-corrected chi connectivity index (χ1v) is 4.16. The number of hydrogen-bond donors (Lipinski definition) is 2. The third-order valence-electron chi connectivity index (χ3n) is 2.20. The van der Waals surface area contributed by atoms with Gasteiger partial charge in [0.1, 0.15) is 11.6 Å². The second kappa shape index (κ2) is 3.34. The first-order valence-electron chi connectivity index (χ1n) is 4.16. The van der Waals surface area contributed by atoms with Gasteiger partial charge in [-0.05, 0) is 18.2 Å². The van der Waals surface area contributed by atoms with E-state index in [2.05, 4.69) is 0 Å². The lowest BCUT2D eigenvalue weighted by molar-refractivity contribution is 0.434. The number of phenols is 1. The molecular formula is C10H14FNO. The van der Waals surface area contributed by atoms with Crippen LogP contribution in [0.5, 0.6) is 5.75 Å². The van der Waals surface area contributed by atoms with Gasteiger partial charge in [0.25, 0.3) is 0 Å². The standard InChI is InChI=1S/C10H14FNO/c1-10(2,6-12)8-5-7(11)3-4-9(8)13/h3-5,13H,6,12H2,1-2H3. The number of benzene rings is 1. The molecule has 0 aliphatic carbocycles. The molecule has 0 fully saturated rings. The van der Waals surface area contributed by atoms with Crippen molar-refractivity contribution in [2.45, 2.75) is 19.3 Å². The number of hydrogen-bond acceptors (Lipinski definition) is 2. The molecule has 72 valence electrons. The first kappa shape index (κ1) is 9.99. The second-order valence-corrected chi connectivity index (χ2v) is 3.75. The fourth-order valence-electron chi connectivity index (χ4n) is 1.16. The molecule has 0 aromatic heterocycles. The first-order chi connectivity index (χ1) is 5.97. The van der Waals surface area contributed by atoms with Gasteiger partial charge in [-0.3, -0.25) is 0 Å². The van der Waals surface area contributed by atoms with Gasteiger partial charge in [-0.25, -0.2) is 4.39 Å². The Labute approximate surface area is 77.2 Å². The Morgan fingerprint density at radius 3 is 2.62 bits per heavy atom. The molecule has 3 N–H and O–H groups in total. The molecule has 0 atom stereocenters. The molecule has 0 amide bonds. The average molecular weight is 183 g/mol. The molecule has 0 bridgehead atoms. The van der Waals surface area contributed by atoms with Crippen molar-refractivity contribution < 1.29 is 9.50 Å². The minimum Gasteiger partial charge on any atom is -0.508 e. The third kappa shape index (κ3) is 1.98. The van der Waals surface area contributed by atoms with Crippen LogP contribution in [0.15, 0.2) is 18.2 Å². The van der Waals surface area contributed by atoms with Crippen molar-refractivity contribution >= 4 is 0 Å². The summed E-state index contributed by atoms with van der Waals surface area (Å²) in [5, 5.41) is 9.48. The van der Waals surface area contributed by atoms with Crippen LogP contribution in [0.25, 0.3) is 0 Å². The highest BCUT2D eigenvalue weighted by Gasteiger charge is 2.22. The molecule has 13 heavy (non-hydrogen) atoms. The van der Waals surface area contributed by atoms with Crippen LogP contribution in [0.4, 0.5) is 4.39 Å². The Kier molecular flexibility index (Phi) is 2.57. The van der Waals surface area contributed by atoms with E-state index in [-0.39, 0.29) is 11.6 Å². The summed E-state index contributed by atoms with van der Waals surface area (Å²) in [6.07, 6.45) is 0. The summed E-state index contributed by atoms with van der Waals surface area (Å²) in [4.78, 5) is 0. The van der Waals surface area contributed by atoms with Crippen LogP contribution in [0.2, 0.25) is 0 Å². The van der Waals surface area contributed by atoms with E-state index in [0.717, 1.165) is 0 Å². The molecule has 0 aliphatic rings. The highest BCUT2D eigenvalue weighted by molar-refractivity contribution is 5.38. The van der Waals surface area contributed by atoms with Gasteiger partial charge in [-0.15, -0.1) is 0 Å². The number of nitrogens with two attached hydrogens (primary N) is 1. The van der Waals surface area contributed by atoms with Crippen molar-refractivity contribution in [3.63, 3.8) is 0 Å². The summed E-state index contributed by atoms with van der Waals surface area (Å²) >= 11 is 0. The van der Waals surface area contributed by atoms with Crippen molar-refractivity contribution in [1.29, 1.82) is 0 Å². The highest BCUT2D eigenvalue weighted by atomic mass is 19.1. The predicted octanol–water partition coefficient (Wildman–Crippen LogP) is 1.77. The number of aromatic hydroxyl groups is 1. The molecule has 2 nitrogen and oxygen atoms in total. The van der Waals surface area contributed by atoms with E-state index in [1.165, 1.54) is 18.2 Å². The van der Waals surface area contributed by atoms with Crippen molar-refractivity contribution in [3.05, 3.63) is 29.6 Å². The Bertz CT molecular complexity index is 310. The number of rotatable bonds is 2. The van der Waals surface area contributed by atoms with Gasteiger partial charge in [0, 0.05) is 17.5 Å². The van der Waals surface area contributed by atoms with Crippen molar-refractivity contribution in [3.8, 4) is 5.75 Å². The molecule has 0 saturated heterocycles. The van der Waals surface area contributed by atoms with Crippen molar-refractivity contribution in [1.82, 2.24) is 0 Å². The number of halogens is 1. The SMILES string of the molecule is CC(C)(CN)c1cc(F)ccc1O. The van der Waals surface area contributed by atoms with Gasteiger partial charge in [0.15, 0.2) is 0 Å². The average Bonchev–Trinajstić information content (AvgIpc) is 2.09. The maximum atomic E-state index is 12.9. The second-order valence-electron chi connectivity index (χ2n) is 3.75. The Hall–Kier alpha value is -1.09. The maximum Gasteiger partial charge on any atom is 0.123 e. The normalized spacial score (nSPS) is 11.7. The molecule has 0 spiro atoms. The molecular weight excluding hydrogens is 169 g/mol. The van der Waals surface area contributed by atoms with Gasteiger partial charge >= 0.3 is 0 Å². The Morgan fingerprint density at radius 1 is 1.46 bits per heavy atom. The van der Waals surface area contributed by atoms with Crippen LogP contribution < -0.4 is 5.73 Å². The van der Waals surface area contributed by atoms with Crippen molar-refractivity contribution in [2.75, 3.05) is 6.54 Å². The summed E-state index contributed by atoms with van der Waals surface area (Å²) in [7, 11) is 0. The van der Waals surface area contributed by atoms with Gasteiger partial charge < -0.3 is 10.8 Å². The van der Waals surface area contributed by atoms with E-state index in [1.807, 2.05) is 13.8 Å². The largest absolute Gasteiger partial charge is 0.508 e. The van der Waals surface area contributed by atoms with Gasteiger partial charge in [0.05, 0.1) is 0 Å². The smallest absolute Gasteiger partial charge is 0.123 e. The Morgan fingerprint density at radius 2 is 2.08 bits per heavy atom. The van der Waals surface area contributed by atoms with Crippen LogP contribution in [0, 0.1) is 5.82 Å². The van der Waals surface area contributed by atoms with Crippen LogP contribution in [-0.4, -0.2) is 11.7 Å². The highest BCUT2D eigenvalue weighted by Crippen LogP contribution is 2.30. The summed E-state index contributed by atoms with van der Waals surface area (Å²) in [6.45, 7) is 4.09. The maximum absolute atomic E-state index is 12.9. The lowest BCUT2D eigenvalue weighted by Gasteiger charge is -2.23. The number of phenolic OH excluding ortho intramolecular Hbond substituents is 1. The van der Waals surface area contributed by atoms with E-state index >= 15 is 0 Å². The van der Waals surface area contributed by atoms with E-state index in [9.17, 15) is 9.50 Å². The topological polar surface area (TPSA) is 46.2 Å². The fraction of sp³-hybridized carbons (Fsp3) is 0.400. The molecule has 1 aromatic rings. The van der Waals surface area contributed by atoms with E-state index < -0.39 is 5.41 Å². The Balaban J connectivity index is 3.20. The summed E-state index contributed by atoms with van der Waals surface area (Å²) < 4.78 is 12.9. The van der Waals surface area contributed by atoms with Crippen molar-refractivity contribution in [2.24, 2.45) is 5.73 Å². The van der Waals surface area contributed by atoms with Crippen LogP contribution in [0.1, 0.15) is 19.4 Å². The van der Waals surface area contributed by atoms with E-state index in [4.69, 9.17) is 5.73 Å². The molecule has 3 heteroatoms. The molecule has 0 unspecified atom stereocenters. The van der Waals surface area contributed by atoms with Gasteiger partial charge in [0.2, 0.25) is 0 Å². The van der Waals surface area contributed by atoms with Crippen LogP contribution in [0.3, 0.4) is 0 Å². The minimum atomic E-state index is -0.397. The van der Waals surface area contributed by atoms with Gasteiger partial charge in [-0.2, -0.15) is 0 Å². The summed E-state index contributed by atoms with van der Waals surface area (Å²) in [5.74, 6) is -0.258. The van der Waals surface area contributed by atoms with Crippen LogP contribution >= 0.6 is 0 Å². The monoisotopic (exact) mass is 183 g/mol. The molecule has 0 saturated carbocycles. The zero-order valence-electron chi connectivity index (χ0n) is 7.84. The van der Waals surface area contributed by atoms with E-state index in [0.29, 0.717) is 12.1 Å². The quantitative estimate of drug-likeness (QED) is 0.734. The lowest BCUT2D eigenvalue weighted by atomic mass is 9.84. The fourth-order valence-corrected chi connectivity index (χ4v) is 1.16.